The summed E-state index contributed by atoms with van der Waals surface area (Å²) >= 11 is 0. The number of carbonyl (C=O) groups excluding carboxylic acids is 1. The van der Waals surface area contributed by atoms with E-state index in [-0.39, 0.29) is 19.2 Å². The molecular weight excluding hydrogens is 648 g/mol. The maximum atomic E-state index is 11.6. The summed E-state index contributed by atoms with van der Waals surface area (Å²) in [5.41, 5.74) is 0. The lowest BCUT2D eigenvalue weighted by atomic mass is 10.1. The van der Waals surface area contributed by atoms with Crippen LogP contribution in [0.4, 0.5) is 0 Å². The summed E-state index contributed by atoms with van der Waals surface area (Å²) in [6, 6.07) is 0. The molecule has 0 spiro atoms. The van der Waals surface area contributed by atoms with Gasteiger partial charge >= 0.3 is 5.97 Å². The monoisotopic (exact) mass is 716 g/mol. The zero-order valence-electron chi connectivity index (χ0n) is 30.3. The van der Waals surface area contributed by atoms with Gasteiger partial charge in [-0.3, -0.25) is 4.79 Å². The Morgan fingerprint density at radius 2 is 0.592 bits per heavy atom. The number of aliphatic hydroxyl groups is 1. The third-order valence-corrected chi connectivity index (χ3v) is 6.30. The van der Waals surface area contributed by atoms with Crippen molar-refractivity contribution in [3.8, 4) is 0 Å². The number of hydrogen-bond acceptors (Lipinski definition) is 15. The van der Waals surface area contributed by atoms with E-state index in [0.717, 1.165) is 12.8 Å². The first kappa shape index (κ1) is 48.0. The Morgan fingerprint density at radius 1 is 0.347 bits per heavy atom. The molecule has 15 nitrogen and oxygen atoms in total. The summed E-state index contributed by atoms with van der Waals surface area (Å²) in [5, 5.41) is 8.58. The van der Waals surface area contributed by atoms with Crippen LogP contribution in [0, 0.1) is 0 Å². The lowest BCUT2D eigenvalue weighted by Gasteiger charge is -2.09. The van der Waals surface area contributed by atoms with E-state index in [1.807, 2.05) is 0 Å². The van der Waals surface area contributed by atoms with E-state index in [1.54, 1.807) is 0 Å². The molecule has 0 bridgehead atoms. The number of aliphatic hydroxyl groups excluding tert-OH is 1. The van der Waals surface area contributed by atoms with Gasteiger partial charge in [0.2, 0.25) is 0 Å². The largest absolute Gasteiger partial charge is 0.463 e. The topological polar surface area (TPSA) is 157 Å². The van der Waals surface area contributed by atoms with Crippen molar-refractivity contribution in [1.82, 2.24) is 0 Å². The first-order valence-electron chi connectivity index (χ1n) is 18.0. The second-order valence-corrected chi connectivity index (χ2v) is 10.5. The molecule has 0 aliphatic carbocycles. The SMILES string of the molecule is CCCCCCCC(=O)OCCOCCOCCOCCOCCOCCOCCOCCOCCOCCOCCOCCOCCO. The summed E-state index contributed by atoms with van der Waals surface area (Å²) < 4.78 is 70.1. The van der Waals surface area contributed by atoms with Crippen molar-refractivity contribution in [2.75, 3.05) is 172 Å². The number of hydrogen-bond donors (Lipinski definition) is 1. The molecule has 49 heavy (non-hydrogen) atoms. The Kier molecular flexibility index (Phi) is 44.0. The average molecular weight is 717 g/mol. The fraction of sp³-hybridized carbons (Fsp3) is 0.971. The standard InChI is InChI=1S/C34H68O15/c1-2-3-4-5-6-7-34(36)49-33-32-48-31-30-47-29-28-46-27-26-45-25-24-44-23-22-43-21-20-42-19-18-41-17-16-40-15-14-39-13-12-38-11-10-37-9-8-35/h35H,2-33H2,1H3. The van der Waals surface area contributed by atoms with Gasteiger partial charge < -0.3 is 66.7 Å². The van der Waals surface area contributed by atoms with Crippen LogP contribution in [-0.2, 0) is 66.4 Å². The van der Waals surface area contributed by atoms with Crippen molar-refractivity contribution in [2.45, 2.75) is 45.4 Å². The zero-order valence-corrected chi connectivity index (χ0v) is 30.3. The van der Waals surface area contributed by atoms with Crippen LogP contribution >= 0.6 is 0 Å². The van der Waals surface area contributed by atoms with E-state index in [1.165, 1.54) is 19.3 Å². The smallest absolute Gasteiger partial charge is 0.305 e. The van der Waals surface area contributed by atoms with Crippen molar-refractivity contribution in [1.29, 1.82) is 0 Å². The highest BCUT2D eigenvalue weighted by Crippen LogP contribution is 2.05. The fourth-order valence-electron chi connectivity index (χ4n) is 3.75. The van der Waals surface area contributed by atoms with Gasteiger partial charge in [0.1, 0.15) is 6.61 Å². The van der Waals surface area contributed by atoms with Crippen LogP contribution in [-0.4, -0.2) is 183 Å². The Bertz CT molecular complexity index is 618. The van der Waals surface area contributed by atoms with Gasteiger partial charge in [-0.05, 0) is 6.42 Å². The lowest BCUT2D eigenvalue weighted by molar-refractivity contribution is -0.145. The molecule has 0 saturated carbocycles. The van der Waals surface area contributed by atoms with Gasteiger partial charge in [0.25, 0.3) is 0 Å². The molecule has 0 amide bonds. The van der Waals surface area contributed by atoms with Crippen LogP contribution in [0.5, 0.6) is 0 Å². The van der Waals surface area contributed by atoms with E-state index in [0.29, 0.717) is 165 Å². The van der Waals surface area contributed by atoms with E-state index in [9.17, 15) is 4.79 Å². The minimum absolute atomic E-state index is 0.0223. The molecule has 0 aromatic carbocycles. The summed E-state index contributed by atoms with van der Waals surface area (Å²) in [5.74, 6) is -0.150. The number of rotatable bonds is 44. The predicted octanol–water partition coefficient (Wildman–Crippen LogP) is 2.08. The Hall–Kier alpha value is -1.05. The third kappa shape index (κ3) is 44.9. The Labute approximate surface area is 294 Å². The van der Waals surface area contributed by atoms with Gasteiger partial charge in [-0.1, -0.05) is 32.6 Å². The normalized spacial score (nSPS) is 11.5. The van der Waals surface area contributed by atoms with E-state index in [4.69, 9.17) is 66.7 Å². The van der Waals surface area contributed by atoms with E-state index >= 15 is 0 Å². The van der Waals surface area contributed by atoms with Crippen molar-refractivity contribution >= 4 is 5.97 Å². The molecule has 0 aromatic heterocycles. The van der Waals surface area contributed by atoms with Gasteiger partial charge in [0.15, 0.2) is 0 Å². The second-order valence-electron chi connectivity index (χ2n) is 10.5. The molecule has 15 heteroatoms. The molecule has 0 fully saturated rings. The first-order valence-corrected chi connectivity index (χ1v) is 18.0. The van der Waals surface area contributed by atoms with E-state index < -0.39 is 0 Å². The van der Waals surface area contributed by atoms with Crippen LogP contribution in [0.1, 0.15) is 45.4 Å². The summed E-state index contributed by atoms with van der Waals surface area (Å²) in [6.07, 6.45) is 6.06. The maximum absolute atomic E-state index is 11.6. The highest BCUT2D eigenvalue weighted by Gasteiger charge is 2.02. The highest BCUT2D eigenvalue weighted by atomic mass is 16.6. The third-order valence-electron chi connectivity index (χ3n) is 6.30. The predicted molar refractivity (Wildman–Crippen MR) is 181 cm³/mol. The maximum Gasteiger partial charge on any atom is 0.305 e. The summed E-state index contributed by atoms with van der Waals surface area (Å²) in [7, 11) is 0. The van der Waals surface area contributed by atoms with Crippen LogP contribution in [0.15, 0.2) is 0 Å². The fourth-order valence-corrected chi connectivity index (χ4v) is 3.75. The van der Waals surface area contributed by atoms with E-state index in [2.05, 4.69) is 6.92 Å². The Balaban J connectivity index is 3.08. The molecule has 0 rings (SSSR count). The summed E-state index contributed by atoms with van der Waals surface area (Å²) in [4.78, 5) is 11.6. The van der Waals surface area contributed by atoms with Crippen LogP contribution in [0.25, 0.3) is 0 Å². The molecule has 294 valence electrons. The van der Waals surface area contributed by atoms with Gasteiger partial charge in [-0.15, -0.1) is 0 Å². The van der Waals surface area contributed by atoms with Crippen molar-refractivity contribution < 1.29 is 71.5 Å². The molecule has 0 heterocycles. The quantitative estimate of drug-likeness (QED) is 0.0722. The van der Waals surface area contributed by atoms with Crippen LogP contribution < -0.4 is 0 Å². The number of carbonyl (C=O) groups is 1. The molecule has 0 aliphatic heterocycles. The van der Waals surface area contributed by atoms with Crippen molar-refractivity contribution in [2.24, 2.45) is 0 Å². The first-order chi connectivity index (χ1) is 24.3. The molecule has 0 unspecified atom stereocenters. The molecule has 1 N–H and O–H groups in total. The molecule has 0 radical (unpaired) electrons. The summed E-state index contributed by atoms with van der Waals surface area (Å²) in [6.45, 7) is 14.0. The molecule has 0 atom stereocenters. The highest BCUT2D eigenvalue weighted by molar-refractivity contribution is 5.69. The molecule has 0 aliphatic rings. The van der Waals surface area contributed by atoms with Crippen molar-refractivity contribution in [3.63, 3.8) is 0 Å². The van der Waals surface area contributed by atoms with Gasteiger partial charge in [-0.2, -0.15) is 0 Å². The van der Waals surface area contributed by atoms with Crippen LogP contribution in [0.2, 0.25) is 0 Å². The Morgan fingerprint density at radius 3 is 0.857 bits per heavy atom. The number of esters is 1. The van der Waals surface area contributed by atoms with Gasteiger partial charge in [-0.25, -0.2) is 0 Å². The van der Waals surface area contributed by atoms with Gasteiger partial charge in [0, 0.05) is 6.42 Å². The van der Waals surface area contributed by atoms with Gasteiger partial charge in [0.05, 0.1) is 165 Å². The minimum Gasteiger partial charge on any atom is -0.463 e. The average Bonchev–Trinajstić information content (AvgIpc) is 3.11. The number of ether oxygens (including phenoxy) is 13. The molecule has 0 aromatic rings. The lowest BCUT2D eigenvalue weighted by Crippen LogP contribution is -2.15. The minimum atomic E-state index is -0.150. The second kappa shape index (κ2) is 45.0. The van der Waals surface area contributed by atoms with Crippen molar-refractivity contribution in [3.05, 3.63) is 0 Å². The molecule has 0 saturated heterocycles. The van der Waals surface area contributed by atoms with Crippen LogP contribution in [0.3, 0.4) is 0 Å². The number of unbranched alkanes of at least 4 members (excludes halogenated alkanes) is 4. The zero-order chi connectivity index (χ0) is 35.4. The molecular formula is C34H68O15.